The van der Waals surface area contributed by atoms with Crippen LogP contribution in [0.5, 0.6) is 0 Å². The van der Waals surface area contributed by atoms with Crippen LogP contribution in [0.1, 0.15) is 31.1 Å². The molecule has 6 nitrogen and oxygen atoms in total. The highest BCUT2D eigenvalue weighted by atomic mass is 16.3. The lowest BCUT2D eigenvalue weighted by Crippen LogP contribution is -2.61. The Hall–Kier alpha value is -2.34. The normalized spacial score (nSPS) is 22.2. The van der Waals surface area contributed by atoms with Gasteiger partial charge in [0.1, 0.15) is 0 Å². The molecule has 3 N–H and O–H groups in total. The van der Waals surface area contributed by atoms with E-state index in [1.54, 1.807) is 51.1 Å². The Bertz CT molecular complexity index is 604. The van der Waals surface area contributed by atoms with Crippen molar-refractivity contribution in [2.24, 2.45) is 5.41 Å². The SMILES string of the molecule is CC(C)(C)C1(O)C=C(O)C(=O)N1NC(=O)c1ccccc1. The third-order valence-corrected chi connectivity index (χ3v) is 3.45. The fourth-order valence-electron chi connectivity index (χ4n) is 2.03. The molecule has 1 aromatic carbocycles. The molecule has 1 unspecified atom stereocenters. The zero-order chi connectivity index (χ0) is 15.8. The Morgan fingerprint density at radius 1 is 1.24 bits per heavy atom. The number of nitrogens with one attached hydrogen (secondary N) is 1. The molecule has 21 heavy (non-hydrogen) atoms. The molecule has 0 bridgehead atoms. The van der Waals surface area contributed by atoms with Crippen LogP contribution in [-0.2, 0) is 4.79 Å². The molecule has 1 aromatic rings. The van der Waals surface area contributed by atoms with Gasteiger partial charge in [0.25, 0.3) is 5.91 Å². The van der Waals surface area contributed by atoms with Crippen LogP contribution in [0.3, 0.4) is 0 Å². The molecule has 0 fully saturated rings. The topological polar surface area (TPSA) is 89.9 Å². The van der Waals surface area contributed by atoms with E-state index in [4.69, 9.17) is 0 Å². The molecule has 6 heteroatoms. The maximum absolute atomic E-state index is 12.1. The molecule has 0 aromatic heterocycles. The van der Waals surface area contributed by atoms with Crippen molar-refractivity contribution in [2.45, 2.75) is 26.5 Å². The van der Waals surface area contributed by atoms with Crippen molar-refractivity contribution in [3.8, 4) is 0 Å². The Morgan fingerprint density at radius 3 is 2.33 bits per heavy atom. The van der Waals surface area contributed by atoms with E-state index in [1.807, 2.05) is 0 Å². The van der Waals surface area contributed by atoms with Gasteiger partial charge in [0, 0.05) is 17.1 Å². The van der Waals surface area contributed by atoms with Gasteiger partial charge in [-0.05, 0) is 12.1 Å². The summed E-state index contributed by atoms with van der Waals surface area (Å²) >= 11 is 0. The Kier molecular flexibility index (Phi) is 3.51. The number of benzene rings is 1. The molecule has 1 atom stereocenters. The number of carbonyl (C=O) groups is 2. The van der Waals surface area contributed by atoms with Crippen molar-refractivity contribution in [1.29, 1.82) is 0 Å². The summed E-state index contributed by atoms with van der Waals surface area (Å²) in [4.78, 5) is 24.1. The van der Waals surface area contributed by atoms with E-state index in [0.717, 1.165) is 11.1 Å². The standard InChI is InChI=1S/C15H18N2O4/c1-14(2,3)15(21)9-11(18)13(20)17(15)16-12(19)10-7-5-4-6-8-10/h4-9,18,21H,1-3H3,(H,16,19). The predicted octanol–water partition coefficient (Wildman–Crippen LogP) is 1.35. The summed E-state index contributed by atoms with van der Waals surface area (Å²) in [6, 6.07) is 8.30. The molecule has 0 saturated carbocycles. The van der Waals surface area contributed by atoms with E-state index >= 15 is 0 Å². The summed E-state index contributed by atoms with van der Waals surface area (Å²) in [5.74, 6) is -1.99. The smallest absolute Gasteiger partial charge is 0.309 e. The lowest BCUT2D eigenvalue weighted by molar-refractivity contribution is -0.170. The monoisotopic (exact) mass is 290 g/mol. The molecule has 1 heterocycles. The molecule has 0 spiro atoms. The van der Waals surface area contributed by atoms with Gasteiger partial charge in [-0.1, -0.05) is 39.0 Å². The van der Waals surface area contributed by atoms with Gasteiger partial charge in [-0.3, -0.25) is 15.0 Å². The Morgan fingerprint density at radius 2 is 1.81 bits per heavy atom. The van der Waals surface area contributed by atoms with Crippen molar-refractivity contribution in [3.05, 3.63) is 47.7 Å². The zero-order valence-electron chi connectivity index (χ0n) is 12.1. The number of hydrogen-bond donors (Lipinski definition) is 3. The average molecular weight is 290 g/mol. The molecule has 0 radical (unpaired) electrons. The van der Waals surface area contributed by atoms with Crippen LogP contribution < -0.4 is 5.43 Å². The maximum atomic E-state index is 12.1. The van der Waals surface area contributed by atoms with Gasteiger partial charge in [-0.15, -0.1) is 0 Å². The van der Waals surface area contributed by atoms with Crippen molar-refractivity contribution >= 4 is 11.8 Å². The van der Waals surface area contributed by atoms with Crippen LogP contribution >= 0.6 is 0 Å². The molecular formula is C15H18N2O4. The van der Waals surface area contributed by atoms with E-state index in [-0.39, 0.29) is 0 Å². The average Bonchev–Trinajstić information content (AvgIpc) is 2.64. The molecule has 112 valence electrons. The maximum Gasteiger partial charge on any atom is 0.309 e. The molecule has 1 aliphatic rings. The quantitative estimate of drug-likeness (QED) is 0.767. The molecule has 0 saturated heterocycles. The van der Waals surface area contributed by atoms with Crippen LogP contribution in [0.15, 0.2) is 42.2 Å². The van der Waals surface area contributed by atoms with Crippen molar-refractivity contribution < 1.29 is 19.8 Å². The number of hydrazine groups is 1. The first kappa shape index (κ1) is 15.1. The first-order valence-electron chi connectivity index (χ1n) is 6.51. The fraction of sp³-hybridized carbons (Fsp3) is 0.333. The first-order valence-corrected chi connectivity index (χ1v) is 6.51. The number of hydrogen-bond acceptors (Lipinski definition) is 4. The third-order valence-electron chi connectivity index (χ3n) is 3.45. The van der Waals surface area contributed by atoms with Gasteiger partial charge in [0.2, 0.25) is 0 Å². The van der Waals surface area contributed by atoms with Gasteiger partial charge in [-0.2, -0.15) is 0 Å². The summed E-state index contributed by atoms with van der Waals surface area (Å²) in [6.07, 6.45) is 1.04. The van der Waals surface area contributed by atoms with Gasteiger partial charge in [0.05, 0.1) is 0 Å². The van der Waals surface area contributed by atoms with Gasteiger partial charge < -0.3 is 10.2 Å². The van der Waals surface area contributed by atoms with E-state index < -0.39 is 28.7 Å². The van der Waals surface area contributed by atoms with Crippen LogP contribution in [0.25, 0.3) is 0 Å². The number of nitrogens with zero attached hydrogens (tertiary/aromatic N) is 1. The summed E-state index contributed by atoms with van der Waals surface area (Å²) in [5.41, 5.74) is 0.0806. The molecular weight excluding hydrogens is 272 g/mol. The third kappa shape index (κ3) is 2.50. The van der Waals surface area contributed by atoms with E-state index in [2.05, 4.69) is 5.43 Å². The second kappa shape index (κ2) is 4.89. The largest absolute Gasteiger partial charge is 0.503 e. The van der Waals surface area contributed by atoms with Crippen LogP contribution in [0.4, 0.5) is 0 Å². The highest BCUT2D eigenvalue weighted by Gasteiger charge is 2.53. The van der Waals surface area contributed by atoms with E-state index in [1.165, 1.54) is 0 Å². The highest BCUT2D eigenvalue weighted by molar-refractivity contribution is 5.99. The molecule has 2 rings (SSSR count). The minimum Gasteiger partial charge on any atom is -0.503 e. The van der Waals surface area contributed by atoms with E-state index in [0.29, 0.717) is 5.56 Å². The highest BCUT2D eigenvalue weighted by Crippen LogP contribution is 2.38. The summed E-state index contributed by atoms with van der Waals surface area (Å²) in [5, 5.41) is 21.0. The van der Waals surface area contributed by atoms with Gasteiger partial charge >= 0.3 is 5.91 Å². The summed E-state index contributed by atoms with van der Waals surface area (Å²) < 4.78 is 0. The van der Waals surface area contributed by atoms with E-state index in [9.17, 15) is 19.8 Å². The number of aliphatic hydroxyl groups is 2. The first-order chi connectivity index (χ1) is 9.67. The second-order valence-corrected chi connectivity index (χ2v) is 5.95. The summed E-state index contributed by atoms with van der Waals surface area (Å²) in [6.45, 7) is 5.07. The second-order valence-electron chi connectivity index (χ2n) is 5.95. The van der Waals surface area contributed by atoms with Gasteiger partial charge in [-0.25, -0.2) is 5.01 Å². The van der Waals surface area contributed by atoms with Crippen LogP contribution in [0.2, 0.25) is 0 Å². The Balaban J connectivity index is 2.30. The number of carbonyl (C=O) groups excluding carboxylic acids is 2. The molecule has 2 amide bonds. The number of aliphatic hydroxyl groups excluding tert-OH is 1. The molecule has 1 aliphatic heterocycles. The number of amides is 2. The molecule has 0 aliphatic carbocycles. The Labute approximate surface area is 122 Å². The lowest BCUT2D eigenvalue weighted by Gasteiger charge is -2.41. The minimum absolute atomic E-state index is 0.341. The van der Waals surface area contributed by atoms with Crippen molar-refractivity contribution in [1.82, 2.24) is 10.4 Å². The van der Waals surface area contributed by atoms with Crippen molar-refractivity contribution in [3.63, 3.8) is 0 Å². The summed E-state index contributed by atoms with van der Waals surface area (Å²) in [7, 11) is 0. The number of rotatable bonds is 2. The zero-order valence-corrected chi connectivity index (χ0v) is 12.1. The lowest BCUT2D eigenvalue weighted by atomic mass is 9.83. The van der Waals surface area contributed by atoms with Crippen LogP contribution in [0, 0.1) is 5.41 Å². The van der Waals surface area contributed by atoms with Crippen molar-refractivity contribution in [2.75, 3.05) is 0 Å². The van der Waals surface area contributed by atoms with Crippen LogP contribution in [-0.4, -0.2) is 32.8 Å². The minimum atomic E-state index is -1.81. The van der Waals surface area contributed by atoms with Gasteiger partial charge in [0.15, 0.2) is 11.5 Å². The predicted molar refractivity (Wildman–Crippen MR) is 75.9 cm³/mol. The fourth-order valence-corrected chi connectivity index (χ4v) is 2.03.